The first-order chi connectivity index (χ1) is 10.6. The van der Waals surface area contributed by atoms with Gasteiger partial charge in [-0.05, 0) is 56.5 Å². The number of halogens is 3. The third-order valence-electron chi connectivity index (χ3n) is 4.29. The summed E-state index contributed by atoms with van der Waals surface area (Å²) < 4.78 is 37.7. The first-order valence-corrected chi connectivity index (χ1v) is 7.45. The van der Waals surface area contributed by atoms with Gasteiger partial charge in [0.15, 0.2) is 5.60 Å². The van der Waals surface area contributed by atoms with Crippen LogP contribution in [0.5, 0.6) is 0 Å². The van der Waals surface area contributed by atoms with Crippen molar-refractivity contribution in [2.24, 2.45) is 0 Å². The highest BCUT2D eigenvalue weighted by molar-refractivity contribution is 5.76. The van der Waals surface area contributed by atoms with Gasteiger partial charge in [0.2, 0.25) is 0 Å². The van der Waals surface area contributed by atoms with Crippen molar-refractivity contribution in [1.82, 2.24) is 4.90 Å². The zero-order valence-electron chi connectivity index (χ0n) is 12.8. The van der Waals surface area contributed by atoms with Crippen LogP contribution in [0, 0.1) is 0 Å². The molecule has 128 valence electrons. The molecule has 0 spiro atoms. The Labute approximate surface area is 132 Å². The van der Waals surface area contributed by atoms with Crippen LogP contribution in [0.15, 0.2) is 24.3 Å². The third kappa shape index (κ3) is 4.45. The first-order valence-electron chi connectivity index (χ1n) is 7.45. The van der Waals surface area contributed by atoms with E-state index in [0.717, 1.165) is 30.5 Å². The van der Waals surface area contributed by atoms with Crippen molar-refractivity contribution in [2.45, 2.75) is 37.5 Å². The molecule has 1 atom stereocenters. The lowest BCUT2D eigenvalue weighted by Gasteiger charge is -2.35. The molecule has 0 aromatic heterocycles. The highest BCUT2D eigenvalue weighted by Gasteiger charge is 2.34. The fourth-order valence-electron chi connectivity index (χ4n) is 2.87. The molecule has 1 unspecified atom stereocenters. The van der Waals surface area contributed by atoms with E-state index in [1.807, 2.05) is 4.90 Å². The number of carbonyl (C=O) groups is 1. The van der Waals surface area contributed by atoms with Gasteiger partial charge in [0.1, 0.15) is 0 Å². The molecule has 1 fully saturated rings. The number of hydrogen-bond acceptors (Lipinski definition) is 3. The Morgan fingerprint density at radius 1 is 1.22 bits per heavy atom. The molecule has 1 aromatic carbocycles. The van der Waals surface area contributed by atoms with Crippen LogP contribution >= 0.6 is 0 Å². The molecule has 1 aliphatic heterocycles. The van der Waals surface area contributed by atoms with Gasteiger partial charge in [-0.3, -0.25) is 4.90 Å². The minimum atomic E-state index is -4.33. The van der Waals surface area contributed by atoms with E-state index in [0.29, 0.717) is 13.1 Å². The average molecular weight is 331 g/mol. The summed E-state index contributed by atoms with van der Waals surface area (Å²) in [4.78, 5) is 12.8. The Balaban J connectivity index is 1.93. The molecule has 1 heterocycles. The number of aliphatic carboxylic acids is 1. The minimum Gasteiger partial charge on any atom is -0.479 e. The Morgan fingerprint density at radius 3 is 2.17 bits per heavy atom. The first kappa shape index (κ1) is 17.7. The zero-order valence-corrected chi connectivity index (χ0v) is 12.8. The number of β-amino-alcohol motifs (C(OH)–C–C–N with tert-alkyl or cyclic N) is 1. The Morgan fingerprint density at radius 2 is 1.74 bits per heavy atom. The van der Waals surface area contributed by atoms with Gasteiger partial charge in [-0.2, -0.15) is 13.2 Å². The summed E-state index contributed by atoms with van der Waals surface area (Å²) in [6.07, 6.45) is -2.88. The molecule has 2 rings (SSSR count). The van der Waals surface area contributed by atoms with Gasteiger partial charge >= 0.3 is 12.1 Å². The van der Waals surface area contributed by atoms with E-state index in [9.17, 15) is 23.1 Å². The topological polar surface area (TPSA) is 60.8 Å². The molecular weight excluding hydrogens is 311 g/mol. The molecule has 1 aliphatic rings. The maximum absolute atomic E-state index is 12.6. The predicted molar refractivity (Wildman–Crippen MR) is 78.1 cm³/mol. The van der Waals surface area contributed by atoms with Crippen LogP contribution in [0.3, 0.4) is 0 Å². The number of nitrogens with zero attached hydrogens (tertiary/aromatic N) is 1. The monoisotopic (exact) mass is 331 g/mol. The highest BCUT2D eigenvalue weighted by Crippen LogP contribution is 2.33. The van der Waals surface area contributed by atoms with Crippen LogP contribution in [0.2, 0.25) is 0 Å². The lowest BCUT2D eigenvalue weighted by molar-refractivity contribution is -0.158. The molecule has 0 radical (unpaired) electrons. The van der Waals surface area contributed by atoms with E-state index in [-0.39, 0.29) is 12.5 Å². The van der Waals surface area contributed by atoms with Crippen LogP contribution in [-0.2, 0) is 11.0 Å². The number of alkyl halides is 3. The number of benzene rings is 1. The quantitative estimate of drug-likeness (QED) is 0.891. The van der Waals surface area contributed by atoms with Gasteiger partial charge in [-0.25, -0.2) is 4.79 Å². The molecule has 0 bridgehead atoms. The van der Waals surface area contributed by atoms with Crippen LogP contribution < -0.4 is 0 Å². The number of hydrogen-bond donors (Lipinski definition) is 2. The zero-order chi connectivity index (χ0) is 17.3. The molecule has 0 saturated carbocycles. The molecule has 1 aromatic rings. The molecule has 23 heavy (non-hydrogen) atoms. The summed E-state index contributed by atoms with van der Waals surface area (Å²) in [5.41, 5.74) is -1.58. The molecule has 0 aliphatic carbocycles. The number of rotatable bonds is 4. The number of piperidine rings is 1. The number of aliphatic hydroxyl groups is 1. The van der Waals surface area contributed by atoms with Crippen molar-refractivity contribution < 1.29 is 28.2 Å². The van der Waals surface area contributed by atoms with E-state index in [1.165, 1.54) is 19.1 Å². The molecule has 7 heteroatoms. The second-order valence-corrected chi connectivity index (χ2v) is 6.25. The van der Waals surface area contributed by atoms with E-state index in [4.69, 9.17) is 5.11 Å². The average Bonchev–Trinajstić information content (AvgIpc) is 2.47. The molecule has 4 nitrogen and oxygen atoms in total. The second kappa shape index (κ2) is 6.49. The maximum atomic E-state index is 12.6. The largest absolute Gasteiger partial charge is 0.479 e. The van der Waals surface area contributed by atoms with E-state index < -0.39 is 23.3 Å². The van der Waals surface area contributed by atoms with Crippen LogP contribution in [0.1, 0.15) is 36.8 Å². The molecule has 1 saturated heterocycles. The Bertz CT molecular complexity index is 547. The lowest BCUT2D eigenvalue weighted by atomic mass is 9.88. The lowest BCUT2D eigenvalue weighted by Crippen LogP contribution is -2.48. The number of carboxylic acid groups (broad SMARTS) is 1. The van der Waals surface area contributed by atoms with Gasteiger partial charge in [0.25, 0.3) is 0 Å². The Hall–Kier alpha value is -1.60. The summed E-state index contributed by atoms with van der Waals surface area (Å²) in [7, 11) is 0. The molecular formula is C16H20F3NO3. The smallest absolute Gasteiger partial charge is 0.416 e. The van der Waals surface area contributed by atoms with E-state index >= 15 is 0 Å². The van der Waals surface area contributed by atoms with Gasteiger partial charge in [0, 0.05) is 6.54 Å². The van der Waals surface area contributed by atoms with Gasteiger partial charge in [0.05, 0.1) is 5.56 Å². The van der Waals surface area contributed by atoms with Crippen molar-refractivity contribution >= 4 is 5.97 Å². The standard InChI is InChI=1S/C16H20F3NO3/c1-15(23,14(21)22)10-20-8-6-12(7-9-20)11-2-4-13(5-3-11)16(17,18)19/h2-5,12,23H,6-10H2,1H3,(H,21,22). The van der Waals surface area contributed by atoms with Crippen LogP contribution in [-0.4, -0.2) is 46.3 Å². The summed E-state index contributed by atoms with van der Waals surface area (Å²) in [5.74, 6) is -1.11. The van der Waals surface area contributed by atoms with Crippen molar-refractivity contribution in [1.29, 1.82) is 0 Å². The number of carboxylic acids is 1. The molecule has 0 amide bonds. The van der Waals surface area contributed by atoms with Crippen LogP contribution in [0.4, 0.5) is 13.2 Å². The maximum Gasteiger partial charge on any atom is 0.416 e. The van der Waals surface area contributed by atoms with Gasteiger partial charge in [-0.15, -0.1) is 0 Å². The van der Waals surface area contributed by atoms with Gasteiger partial charge < -0.3 is 10.2 Å². The fourth-order valence-corrected chi connectivity index (χ4v) is 2.87. The van der Waals surface area contributed by atoms with E-state index in [1.54, 1.807) is 0 Å². The summed E-state index contributed by atoms with van der Waals surface area (Å²) in [5, 5.41) is 18.7. The van der Waals surface area contributed by atoms with Crippen molar-refractivity contribution in [3.05, 3.63) is 35.4 Å². The van der Waals surface area contributed by atoms with Crippen molar-refractivity contribution in [3.8, 4) is 0 Å². The van der Waals surface area contributed by atoms with Crippen molar-refractivity contribution in [3.63, 3.8) is 0 Å². The molecule has 2 N–H and O–H groups in total. The summed E-state index contributed by atoms with van der Waals surface area (Å²) in [6, 6.07) is 5.21. The van der Waals surface area contributed by atoms with Crippen molar-refractivity contribution in [2.75, 3.05) is 19.6 Å². The second-order valence-electron chi connectivity index (χ2n) is 6.25. The normalized spacial score (nSPS) is 20.2. The van der Waals surface area contributed by atoms with E-state index in [2.05, 4.69) is 0 Å². The minimum absolute atomic E-state index is 0.0437. The third-order valence-corrected chi connectivity index (χ3v) is 4.29. The summed E-state index contributed by atoms with van der Waals surface area (Å²) >= 11 is 0. The Kier molecular flexibility index (Phi) is 5.01. The highest BCUT2D eigenvalue weighted by atomic mass is 19.4. The number of likely N-dealkylation sites (tertiary alicyclic amines) is 1. The van der Waals surface area contributed by atoms with Crippen LogP contribution in [0.25, 0.3) is 0 Å². The fraction of sp³-hybridized carbons (Fsp3) is 0.562. The predicted octanol–water partition coefficient (Wildman–Crippen LogP) is 2.72. The SMILES string of the molecule is CC(O)(CN1CCC(c2ccc(C(F)(F)F)cc2)CC1)C(=O)O. The summed E-state index contributed by atoms with van der Waals surface area (Å²) in [6.45, 7) is 2.52. The van der Waals surface area contributed by atoms with Gasteiger partial charge in [-0.1, -0.05) is 12.1 Å².